The van der Waals surface area contributed by atoms with E-state index in [1.807, 2.05) is 0 Å². The highest BCUT2D eigenvalue weighted by Crippen LogP contribution is 2.40. The first-order chi connectivity index (χ1) is 7.45. The van der Waals surface area contributed by atoms with Crippen LogP contribution >= 0.6 is 46.4 Å². The minimum absolute atomic E-state index is 0.0527. The molecule has 0 fully saturated rings. The lowest BCUT2D eigenvalue weighted by atomic mass is 10.1. The molecule has 16 heavy (non-hydrogen) atoms. The number of carbonyl (C=O) groups excluding carboxylic acids is 2. The zero-order chi connectivity index (χ0) is 12.5. The first-order valence-corrected chi connectivity index (χ1v) is 5.50. The molecule has 0 aliphatic rings. The molecular weight excluding hydrogens is 296 g/mol. The van der Waals surface area contributed by atoms with Gasteiger partial charge in [-0.25, -0.2) is 0 Å². The number of carbonyl (C=O) groups is 2. The summed E-state index contributed by atoms with van der Waals surface area (Å²) < 4.78 is 0. The fourth-order valence-electron chi connectivity index (χ4n) is 1.11. The van der Waals surface area contributed by atoms with Crippen LogP contribution in [0.2, 0.25) is 20.1 Å². The maximum atomic E-state index is 11.5. The molecule has 1 aromatic carbocycles. The second kappa shape index (κ2) is 5.23. The Bertz CT molecular complexity index is 473. The molecular formula is C9H5Cl4NO2. The summed E-state index contributed by atoms with van der Waals surface area (Å²) in [5, 5.41) is 2.03. The van der Waals surface area contributed by atoms with Crippen molar-refractivity contribution in [3.05, 3.63) is 31.2 Å². The molecule has 0 aliphatic carbocycles. The Morgan fingerprint density at radius 3 is 2.00 bits per heavy atom. The zero-order valence-corrected chi connectivity index (χ0v) is 10.9. The van der Waals surface area contributed by atoms with E-state index < -0.39 is 5.91 Å². The van der Waals surface area contributed by atoms with Crippen LogP contribution in [-0.4, -0.2) is 19.2 Å². The topological polar surface area (TPSA) is 46.2 Å². The first kappa shape index (κ1) is 13.6. The van der Waals surface area contributed by atoms with Gasteiger partial charge in [-0.3, -0.25) is 9.59 Å². The van der Waals surface area contributed by atoms with Crippen molar-refractivity contribution < 1.29 is 9.59 Å². The Kier molecular flexibility index (Phi) is 4.44. The van der Waals surface area contributed by atoms with Gasteiger partial charge in [0.25, 0.3) is 5.91 Å². The van der Waals surface area contributed by atoms with Gasteiger partial charge in [0.1, 0.15) is 0 Å². The standard InChI is InChI=1S/C9H5Cl4NO2/c1-14-9(16)4-3(2-15)5(10)7(12)8(13)6(4)11/h2H,1H3,(H,14,16). The summed E-state index contributed by atoms with van der Waals surface area (Å²) in [6.07, 6.45) is 0.404. The minimum atomic E-state index is -0.562. The summed E-state index contributed by atoms with van der Waals surface area (Å²) in [5.41, 5.74) is -0.168. The molecule has 1 amide bonds. The molecule has 0 saturated carbocycles. The van der Waals surface area contributed by atoms with Gasteiger partial charge in [-0.2, -0.15) is 0 Å². The Labute approximate surface area is 112 Å². The van der Waals surface area contributed by atoms with E-state index in [0.717, 1.165) is 0 Å². The van der Waals surface area contributed by atoms with E-state index in [-0.39, 0.29) is 31.2 Å². The summed E-state index contributed by atoms with van der Waals surface area (Å²) in [5.74, 6) is -0.562. The molecule has 0 radical (unpaired) electrons. The smallest absolute Gasteiger partial charge is 0.253 e. The second-order valence-corrected chi connectivity index (χ2v) is 4.25. The highest BCUT2D eigenvalue weighted by atomic mass is 35.5. The van der Waals surface area contributed by atoms with Gasteiger partial charge in [-0.05, 0) is 0 Å². The summed E-state index contributed by atoms with van der Waals surface area (Å²) in [4.78, 5) is 22.4. The number of halogens is 4. The van der Waals surface area contributed by atoms with Crippen LogP contribution < -0.4 is 5.32 Å². The fourth-order valence-corrected chi connectivity index (χ4v) is 2.10. The maximum Gasteiger partial charge on any atom is 0.253 e. The average Bonchev–Trinajstić information content (AvgIpc) is 2.29. The van der Waals surface area contributed by atoms with Gasteiger partial charge in [0.15, 0.2) is 6.29 Å². The number of nitrogens with one attached hydrogen (secondary N) is 1. The largest absolute Gasteiger partial charge is 0.355 e. The number of benzene rings is 1. The molecule has 0 aliphatic heterocycles. The third-order valence-electron chi connectivity index (χ3n) is 1.88. The Morgan fingerprint density at radius 2 is 1.56 bits per heavy atom. The summed E-state index contributed by atoms with van der Waals surface area (Å²) in [6, 6.07) is 0. The lowest BCUT2D eigenvalue weighted by Crippen LogP contribution is -2.20. The third kappa shape index (κ3) is 2.13. The number of amides is 1. The van der Waals surface area contributed by atoms with E-state index >= 15 is 0 Å². The van der Waals surface area contributed by atoms with E-state index in [2.05, 4.69) is 5.32 Å². The molecule has 1 N–H and O–H groups in total. The maximum absolute atomic E-state index is 11.5. The van der Waals surface area contributed by atoms with Crippen LogP contribution in [0.5, 0.6) is 0 Å². The van der Waals surface area contributed by atoms with E-state index in [9.17, 15) is 9.59 Å². The second-order valence-electron chi connectivity index (χ2n) is 2.74. The van der Waals surface area contributed by atoms with Crippen LogP contribution in [0, 0.1) is 0 Å². The van der Waals surface area contributed by atoms with Gasteiger partial charge in [0, 0.05) is 12.6 Å². The molecule has 0 unspecified atom stereocenters. The van der Waals surface area contributed by atoms with Crippen molar-refractivity contribution in [2.24, 2.45) is 0 Å². The average molecular weight is 301 g/mol. The van der Waals surface area contributed by atoms with E-state index in [0.29, 0.717) is 6.29 Å². The van der Waals surface area contributed by atoms with E-state index in [1.165, 1.54) is 7.05 Å². The SMILES string of the molecule is CNC(=O)c1c(Cl)c(Cl)c(Cl)c(Cl)c1C=O. The van der Waals surface area contributed by atoms with Crippen LogP contribution in [-0.2, 0) is 0 Å². The highest BCUT2D eigenvalue weighted by molar-refractivity contribution is 6.53. The van der Waals surface area contributed by atoms with Gasteiger partial charge in [0.2, 0.25) is 0 Å². The Hall–Kier alpha value is -0.480. The van der Waals surface area contributed by atoms with Gasteiger partial charge in [-0.15, -0.1) is 0 Å². The molecule has 0 aromatic heterocycles. The molecule has 1 aromatic rings. The van der Waals surface area contributed by atoms with Crippen molar-refractivity contribution in [2.75, 3.05) is 7.05 Å². The van der Waals surface area contributed by atoms with Crippen molar-refractivity contribution in [1.82, 2.24) is 5.32 Å². The molecule has 86 valence electrons. The Morgan fingerprint density at radius 1 is 1.06 bits per heavy atom. The number of hydrogen-bond donors (Lipinski definition) is 1. The van der Waals surface area contributed by atoms with Crippen LogP contribution in [0.15, 0.2) is 0 Å². The van der Waals surface area contributed by atoms with Crippen molar-refractivity contribution in [2.45, 2.75) is 0 Å². The van der Waals surface area contributed by atoms with Crippen LogP contribution in [0.3, 0.4) is 0 Å². The molecule has 0 bridgehead atoms. The fraction of sp³-hybridized carbons (Fsp3) is 0.111. The normalized spacial score (nSPS) is 10.1. The van der Waals surface area contributed by atoms with Crippen molar-refractivity contribution in [1.29, 1.82) is 0 Å². The first-order valence-electron chi connectivity index (χ1n) is 3.98. The summed E-state index contributed by atoms with van der Waals surface area (Å²) in [6.45, 7) is 0. The number of aldehydes is 1. The zero-order valence-electron chi connectivity index (χ0n) is 7.91. The molecule has 1 rings (SSSR count). The van der Waals surface area contributed by atoms with E-state index in [4.69, 9.17) is 46.4 Å². The van der Waals surface area contributed by atoms with Crippen molar-refractivity contribution >= 4 is 58.6 Å². The predicted octanol–water partition coefficient (Wildman–Crippen LogP) is 3.47. The molecule has 0 heterocycles. The third-order valence-corrected chi connectivity index (χ3v) is 3.69. The van der Waals surface area contributed by atoms with Crippen molar-refractivity contribution in [3.63, 3.8) is 0 Å². The summed E-state index contributed by atoms with van der Waals surface area (Å²) >= 11 is 23.1. The monoisotopic (exact) mass is 299 g/mol. The number of hydrogen-bond acceptors (Lipinski definition) is 2. The lowest BCUT2D eigenvalue weighted by molar-refractivity contribution is 0.0957. The van der Waals surface area contributed by atoms with Crippen LogP contribution in [0.25, 0.3) is 0 Å². The van der Waals surface area contributed by atoms with Gasteiger partial charge >= 0.3 is 0 Å². The number of rotatable bonds is 2. The molecule has 7 heteroatoms. The van der Waals surface area contributed by atoms with Crippen molar-refractivity contribution in [3.8, 4) is 0 Å². The lowest BCUT2D eigenvalue weighted by Gasteiger charge is -2.11. The Balaban J connectivity index is 3.70. The van der Waals surface area contributed by atoms with E-state index in [1.54, 1.807) is 0 Å². The van der Waals surface area contributed by atoms with Crippen LogP contribution in [0.1, 0.15) is 20.7 Å². The molecule has 0 atom stereocenters. The quantitative estimate of drug-likeness (QED) is 0.516. The molecule has 0 spiro atoms. The van der Waals surface area contributed by atoms with Gasteiger partial charge in [-0.1, -0.05) is 46.4 Å². The predicted molar refractivity (Wildman–Crippen MR) is 65.3 cm³/mol. The summed E-state index contributed by atoms with van der Waals surface area (Å²) in [7, 11) is 1.39. The van der Waals surface area contributed by atoms with Gasteiger partial charge < -0.3 is 5.32 Å². The highest BCUT2D eigenvalue weighted by Gasteiger charge is 2.23. The molecule has 0 saturated heterocycles. The van der Waals surface area contributed by atoms with Crippen LogP contribution in [0.4, 0.5) is 0 Å². The molecule has 3 nitrogen and oxygen atoms in total. The van der Waals surface area contributed by atoms with Gasteiger partial charge in [0.05, 0.1) is 25.7 Å². The minimum Gasteiger partial charge on any atom is -0.355 e.